The third-order valence-electron chi connectivity index (χ3n) is 2.21. The molecule has 0 amide bonds. The maximum Gasteiger partial charge on any atom is 0.499 e. The number of phosphoric ester groups is 1. The van der Waals surface area contributed by atoms with Crippen molar-refractivity contribution in [3.05, 3.63) is 0 Å². The zero-order valence-corrected chi connectivity index (χ0v) is 11.9. The minimum absolute atomic E-state index is 0.277. The summed E-state index contributed by atoms with van der Waals surface area (Å²) in [4.78, 5) is 13.9. The van der Waals surface area contributed by atoms with Crippen LogP contribution in [0.2, 0.25) is 0 Å². The maximum atomic E-state index is 11.4. The lowest BCUT2D eigenvalue weighted by Crippen LogP contribution is -2.08. The molecule has 0 aliphatic heterocycles. The molecule has 0 rings (SSSR count). The van der Waals surface area contributed by atoms with Gasteiger partial charge in [-0.1, -0.05) is 39.5 Å². The fourth-order valence-electron chi connectivity index (χ4n) is 1.34. The van der Waals surface area contributed by atoms with E-state index in [-0.39, 0.29) is 12.7 Å². The monoisotopic (exact) mass is 268 g/mol. The fraction of sp³-hybridized carbons (Fsp3) is 1.00. The summed E-state index contributed by atoms with van der Waals surface area (Å²) in [6, 6.07) is 0. The lowest BCUT2D eigenvalue weighted by atomic mass is 10.1. The minimum atomic E-state index is -4.06. The van der Waals surface area contributed by atoms with Gasteiger partial charge in [0.1, 0.15) is 0 Å². The summed E-state index contributed by atoms with van der Waals surface area (Å²) in [5.74, 6) is 0. The van der Waals surface area contributed by atoms with Gasteiger partial charge in [0.2, 0.25) is 0 Å². The van der Waals surface area contributed by atoms with Crippen molar-refractivity contribution >= 4 is 7.82 Å². The summed E-state index contributed by atoms with van der Waals surface area (Å²) >= 11 is 0. The molecule has 0 aromatic rings. The minimum Gasteiger partial charge on any atom is -0.301 e. The first-order valence-electron chi connectivity index (χ1n) is 6.34. The van der Waals surface area contributed by atoms with E-state index in [1.165, 1.54) is 12.8 Å². The second kappa shape index (κ2) is 10.0. The van der Waals surface area contributed by atoms with Crippen LogP contribution >= 0.6 is 7.82 Å². The molecule has 0 bridgehead atoms. The Morgan fingerprint density at radius 3 is 2.47 bits per heavy atom. The second-order valence-corrected chi connectivity index (χ2v) is 5.43. The van der Waals surface area contributed by atoms with E-state index in [0.29, 0.717) is 6.42 Å². The van der Waals surface area contributed by atoms with E-state index in [4.69, 9.17) is 4.52 Å². The molecule has 2 atom stereocenters. The third-order valence-corrected chi connectivity index (χ3v) is 3.13. The first kappa shape index (κ1) is 17.1. The molecule has 2 unspecified atom stereocenters. The average Bonchev–Trinajstić information content (AvgIpc) is 2.24. The van der Waals surface area contributed by atoms with Gasteiger partial charge in [-0.2, -0.15) is 0 Å². The molecule has 0 radical (unpaired) electrons. The SMILES string of the molecule is CCCCCCC(C)OP(=O)(O)OOCCC. The number of unbranched alkanes of at least 4 members (excludes halogenated alkanes) is 3. The van der Waals surface area contributed by atoms with Crippen LogP contribution in [0, 0.1) is 0 Å². The van der Waals surface area contributed by atoms with Crippen LogP contribution in [0.15, 0.2) is 0 Å². The average molecular weight is 268 g/mol. The molecule has 1 N–H and O–H groups in total. The molecule has 0 saturated carbocycles. The number of rotatable bonds is 11. The molecule has 0 heterocycles. The van der Waals surface area contributed by atoms with Gasteiger partial charge in [-0.3, -0.25) is 4.52 Å². The van der Waals surface area contributed by atoms with Crippen molar-refractivity contribution in [3.63, 3.8) is 0 Å². The smallest absolute Gasteiger partial charge is 0.301 e. The van der Waals surface area contributed by atoms with Gasteiger partial charge in [0.15, 0.2) is 0 Å². The van der Waals surface area contributed by atoms with Crippen molar-refractivity contribution in [2.45, 2.75) is 65.4 Å². The van der Waals surface area contributed by atoms with Crippen molar-refractivity contribution in [2.75, 3.05) is 6.61 Å². The molecule has 0 aliphatic carbocycles. The van der Waals surface area contributed by atoms with Gasteiger partial charge in [0, 0.05) is 0 Å². The molecular formula is C11H25O5P. The summed E-state index contributed by atoms with van der Waals surface area (Å²) in [6.07, 6.45) is 5.63. The highest BCUT2D eigenvalue weighted by Crippen LogP contribution is 2.45. The molecule has 0 aromatic carbocycles. The summed E-state index contributed by atoms with van der Waals surface area (Å²) < 4.78 is 20.7. The summed E-state index contributed by atoms with van der Waals surface area (Å²) in [5, 5.41) is 0. The van der Waals surface area contributed by atoms with Gasteiger partial charge in [-0.25, -0.2) is 9.45 Å². The van der Waals surface area contributed by atoms with E-state index < -0.39 is 7.82 Å². The predicted octanol–water partition coefficient (Wildman–Crippen LogP) is 3.82. The molecule has 0 aliphatic rings. The Morgan fingerprint density at radius 1 is 1.18 bits per heavy atom. The Balaban J connectivity index is 3.68. The van der Waals surface area contributed by atoms with E-state index in [1.807, 2.05) is 6.92 Å². The molecule has 6 heteroatoms. The van der Waals surface area contributed by atoms with Crippen LogP contribution in [0.4, 0.5) is 0 Å². The Kier molecular flexibility index (Phi) is 10.1. The van der Waals surface area contributed by atoms with Gasteiger partial charge < -0.3 is 4.89 Å². The van der Waals surface area contributed by atoms with E-state index in [9.17, 15) is 9.46 Å². The number of phosphoric acid groups is 1. The third kappa shape index (κ3) is 10.9. The van der Waals surface area contributed by atoms with E-state index in [2.05, 4.69) is 16.5 Å². The molecule has 0 aromatic heterocycles. The summed E-state index contributed by atoms with van der Waals surface area (Å²) in [7, 11) is -4.06. The fourth-order valence-corrected chi connectivity index (χ4v) is 2.15. The van der Waals surface area contributed by atoms with Gasteiger partial charge in [-0.15, -0.1) is 4.67 Å². The topological polar surface area (TPSA) is 65.0 Å². The number of hydrogen-bond donors (Lipinski definition) is 1. The quantitative estimate of drug-likeness (QED) is 0.267. The van der Waals surface area contributed by atoms with Gasteiger partial charge >= 0.3 is 7.82 Å². The first-order valence-corrected chi connectivity index (χ1v) is 7.83. The van der Waals surface area contributed by atoms with Gasteiger partial charge in [0.05, 0.1) is 12.7 Å². The zero-order chi connectivity index (χ0) is 13.1. The Hall–Kier alpha value is 0.0700. The van der Waals surface area contributed by atoms with Crippen molar-refractivity contribution < 1.29 is 23.5 Å². The number of hydrogen-bond acceptors (Lipinski definition) is 4. The molecule has 0 spiro atoms. The van der Waals surface area contributed by atoms with Gasteiger partial charge in [0.25, 0.3) is 0 Å². The Morgan fingerprint density at radius 2 is 1.88 bits per heavy atom. The maximum absolute atomic E-state index is 11.4. The molecule has 104 valence electrons. The standard InChI is InChI=1S/C11H25O5P/c1-4-6-7-8-9-11(3)15-17(12,13)16-14-10-5-2/h11H,4-10H2,1-3H3,(H,12,13). The Bertz CT molecular complexity index is 222. The zero-order valence-electron chi connectivity index (χ0n) is 11.1. The van der Waals surface area contributed by atoms with E-state index in [1.54, 1.807) is 6.92 Å². The molecule has 0 fully saturated rings. The van der Waals surface area contributed by atoms with Crippen molar-refractivity contribution in [2.24, 2.45) is 0 Å². The lowest BCUT2D eigenvalue weighted by Gasteiger charge is -2.16. The van der Waals surface area contributed by atoms with Gasteiger partial charge in [-0.05, 0) is 19.8 Å². The highest BCUT2D eigenvalue weighted by Gasteiger charge is 2.25. The first-order chi connectivity index (χ1) is 8.02. The summed E-state index contributed by atoms with van der Waals surface area (Å²) in [6.45, 7) is 6.06. The van der Waals surface area contributed by atoms with E-state index >= 15 is 0 Å². The second-order valence-electron chi connectivity index (χ2n) is 4.13. The highest BCUT2D eigenvalue weighted by atomic mass is 31.2. The highest BCUT2D eigenvalue weighted by molar-refractivity contribution is 7.47. The van der Waals surface area contributed by atoms with Crippen LogP contribution in [-0.2, 0) is 18.7 Å². The predicted molar refractivity (Wildman–Crippen MR) is 66.5 cm³/mol. The van der Waals surface area contributed by atoms with Crippen LogP contribution in [-0.4, -0.2) is 17.6 Å². The lowest BCUT2D eigenvalue weighted by molar-refractivity contribution is -0.225. The normalized spacial score (nSPS) is 16.7. The van der Waals surface area contributed by atoms with Crippen LogP contribution < -0.4 is 0 Å². The van der Waals surface area contributed by atoms with Crippen molar-refractivity contribution in [3.8, 4) is 0 Å². The molecule has 0 saturated heterocycles. The molecular weight excluding hydrogens is 243 g/mol. The van der Waals surface area contributed by atoms with E-state index in [0.717, 1.165) is 19.3 Å². The molecule has 5 nitrogen and oxygen atoms in total. The van der Waals surface area contributed by atoms with Crippen LogP contribution in [0.25, 0.3) is 0 Å². The van der Waals surface area contributed by atoms with Crippen molar-refractivity contribution in [1.82, 2.24) is 0 Å². The van der Waals surface area contributed by atoms with Crippen LogP contribution in [0.3, 0.4) is 0 Å². The Labute approximate surface area is 104 Å². The largest absolute Gasteiger partial charge is 0.499 e. The van der Waals surface area contributed by atoms with Crippen LogP contribution in [0.1, 0.15) is 59.3 Å². The molecule has 17 heavy (non-hydrogen) atoms. The van der Waals surface area contributed by atoms with Crippen molar-refractivity contribution in [1.29, 1.82) is 0 Å². The van der Waals surface area contributed by atoms with Crippen LogP contribution in [0.5, 0.6) is 0 Å². The summed E-state index contributed by atoms with van der Waals surface area (Å²) in [5.41, 5.74) is 0.